The van der Waals surface area contributed by atoms with Crippen LogP contribution in [0.3, 0.4) is 0 Å². The molecular formula is C29H44O5. The molecule has 0 N–H and O–H groups in total. The molecule has 1 aliphatic rings. The Bertz CT molecular complexity index is 786. The molecular weight excluding hydrogens is 428 g/mol. The maximum absolute atomic E-state index is 12.8. The van der Waals surface area contributed by atoms with Gasteiger partial charge < -0.3 is 14.2 Å². The summed E-state index contributed by atoms with van der Waals surface area (Å²) in [5.41, 5.74) is 0.709. The molecule has 1 aromatic rings. The molecule has 1 fully saturated rings. The Labute approximate surface area is 206 Å². The Morgan fingerprint density at radius 2 is 1.65 bits per heavy atom. The van der Waals surface area contributed by atoms with Gasteiger partial charge in [-0.2, -0.15) is 0 Å². The highest BCUT2D eigenvalue weighted by atomic mass is 16.6. The van der Waals surface area contributed by atoms with Crippen LogP contribution in [0.4, 0.5) is 0 Å². The maximum Gasteiger partial charge on any atom is 0.334 e. The van der Waals surface area contributed by atoms with Crippen LogP contribution >= 0.6 is 0 Å². The fourth-order valence-electron chi connectivity index (χ4n) is 4.49. The van der Waals surface area contributed by atoms with Crippen molar-refractivity contribution in [3.05, 3.63) is 47.5 Å². The number of carbonyl (C=O) groups excluding carboxylic acids is 2. The normalized spacial score (nSPS) is 19.6. The van der Waals surface area contributed by atoms with Gasteiger partial charge >= 0.3 is 11.9 Å². The van der Waals surface area contributed by atoms with Crippen molar-refractivity contribution in [3.63, 3.8) is 0 Å². The lowest BCUT2D eigenvalue weighted by molar-refractivity contribution is -0.169. The van der Waals surface area contributed by atoms with Crippen molar-refractivity contribution in [2.45, 2.75) is 85.9 Å². The molecule has 0 saturated carbocycles. The van der Waals surface area contributed by atoms with Crippen LogP contribution in [-0.4, -0.2) is 30.8 Å². The van der Waals surface area contributed by atoms with E-state index in [0.29, 0.717) is 48.7 Å². The van der Waals surface area contributed by atoms with Crippen molar-refractivity contribution >= 4 is 11.9 Å². The minimum absolute atomic E-state index is 0.0153. The summed E-state index contributed by atoms with van der Waals surface area (Å²) >= 11 is 0. The van der Waals surface area contributed by atoms with Gasteiger partial charge in [0.2, 0.25) is 0 Å². The average molecular weight is 473 g/mol. The van der Waals surface area contributed by atoms with Gasteiger partial charge in [0.1, 0.15) is 6.61 Å². The van der Waals surface area contributed by atoms with Crippen LogP contribution < -0.4 is 0 Å². The first kappa shape index (κ1) is 28.1. The number of cyclic esters (lactones) is 1. The summed E-state index contributed by atoms with van der Waals surface area (Å²) in [4.78, 5) is 25.4. The number of allylic oxidation sites excluding steroid dienone is 1. The second kappa shape index (κ2) is 13.7. The van der Waals surface area contributed by atoms with E-state index in [-0.39, 0.29) is 25.2 Å². The van der Waals surface area contributed by atoms with E-state index in [0.717, 1.165) is 24.8 Å². The van der Waals surface area contributed by atoms with Gasteiger partial charge in [0.05, 0.1) is 13.2 Å². The Kier molecular flexibility index (Phi) is 11.3. The number of esters is 2. The predicted octanol–water partition coefficient (Wildman–Crippen LogP) is 6.50. The SMILES string of the molecule is CC(C)C/C=C1/CC(COCc2ccccc2)(COC(=O)CC(CC(C)C)CC(C)C)OC1=O. The van der Waals surface area contributed by atoms with Crippen molar-refractivity contribution in [2.24, 2.45) is 23.7 Å². The lowest BCUT2D eigenvalue weighted by Crippen LogP contribution is -2.40. The molecule has 0 spiro atoms. The van der Waals surface area contributed by atoms with Crippen LogP contribution in [0.5, 0.6) is 0 Å². The highest BCUT2D eigenvalue weighted by Crippen LogP contribution is 2.33. The fourth-order valence-corrected chi connectivity index (χ4v) is 4.49. The summed E-state index contributed by atoms with van der Waals surface area (Å²) in [6.45, 7) is 13.6. The first-order valence-corrected chi connectivity index (χ1v) is 12.8. The zero-order valence-corrected chi connectivity index (χ0v) is 22.0. The molecule has 190 valence electrons. The number of rotatable bonds is 14. The first-order valence-electron chi connectivity index (χ1n) is 12.8. The molecule has 1 heterocycles. The molecule has 0 aromatic heterocycles. The summed E-state index contributed by atoms with van der Waals surface area (Å²) in [5, 5.41) is 0. The van der Waals surface area contributed by atoms with E-state index in [9.17, 15) is 9.59 Å². The number of hydrogen-bond acceptors (Lipinski definition) is 5. The summed E-state index contributed by atoms with van der Waals surface area (Å²) in [7, 11) is 0. The zero-order chi connectivity index (χ0) is 25.1. The maximum atomic E-state index is 12.8. The molecule has 0 amide bonds. The van der Waals surface area contributed by atoms with Crippen LogP contribution in [0.2, 0.25) is 0 Å². The lowest BCUT2D eigenvalue weighted by Gasteiger charge is -2.27. The van der Waals surface area contributed by atoms with E-state index in [4.69, 9.17) is 14.2 Å². The molecule has 2 rings (SSSR count). The quantitative estimate of drug-likeness (QED) is 0.228. The monoisotopic (exact) mass is 472 g/mol. The van der Waals surface area contributed by atoms with Crippen LogP contribution in [-0.2, 0) is 30.4 Å². The van der Waals surface area contributed by atoms with E-state index in [1.807, 2.05) is 36.4 Å². The van der Waals surface area contributed by atoms with Crippen molar-refractivity contribution in [2.75, 3.05) is 13.2 Å². The highest BCUT2D eigenvalue weighted by molar-refractivity contribution is 5.91. The van der Waals surface area contributed by atoms with Gasteiger partial charge in [0.15, 0.2) is 5.60 Å². The van der Waals surface area contributed by atoms with Gasteiger partial charge in [-0.25, -0.2) is 4.79 Å². The molecule has 5 nitrogen and oxygen atoms in total. The number of benzene rings is 1. The van der Waals surface area contributed by atoms with E-state index >= 15 is 0 Å². The molecule has 34 heavy (non-hydrogen) atoms. The Balaban J connectivity index is 2.04. The van der Waals surface area contributed by atoms with Gasteiger partial charge in [-0.15, -0.1) is 0 Å². The van der Waals surface area contributed by atoms with E-state index in [1.165, 1.54) is 0 Å². The smallest absolute Gasteiger partial charge is 0.334 e. The third kappa shape index (κ3) is 10.0. The second-order valence-electron chi connectivity index (χ2n) is 11.1. The minimum atomic E-state index is -0.976. The molecule has 0 radical (unpaired) electrons. The summed E-state index contributed by atoms with van der Waals surface area (Å²) in [6.07, 6.45) is 5.53. The average Bonchev–Trinajstić information content (AvgIpc) is 3.06. The standard InChI is InChI=1S/C29H44O5/c1-21(2)12-13-26-17-29(34-28(26)31,19-32-18-24-10-8-7-9-11-24)20-33-27(30)16-25(14-22(3)4)15-23(5)6/h7-11,13,21-23,25H,12,14-20H2,1-6H3/b26-13-. The molecule has 0 aliphatic carbocycles. The fraction of sp³-hybridized carbons (Fsp3) is 0.655. The third-order valence-electron chi connectivity index (χ3n) is 5.96. The Morgan fingerprint density at radius 3 is 2.24 bits per heavy atom. The summed E-state index contributed by atoms with van der Waals surface area (Å²) in [6, 6.07) is 9.86. The van der Waals surface area contributed by atoms with E-state index in [1.54, 1.807) is 0 Å². The highest BCUT2D eigenvalue weighted by Gasteiger charge is 2.45. The predicted molar refractivity (Wildman–Crippen MR) is 135 cm³/mol. The molecule has 1 aliphatic heterocycles. The minimum Gasteiger partial charge on any atom is -0.461 e. The summed E-state index contributed by atoms with van der Waals surface area (Å²) < 4.78 is 17.5. The molecule has 1 atom stereocenters. The molecule has 5 heteroatoms. The van der Waals surface area contributed by atoms with Gasteiger partial charge in [-0.3, -0.25) is 4.79 Å². The zero-order valence-electron chi connectivity index (χ0n) is 22.0. The lowest BCUT2D eigenvalue weighted by atomic mass is 9.87. The Morgan fingerprint density at radius 1 is 1.00 bits per heavy atom. The van der Waals surface area contributed by atoms with Crippen LogP contribution in [0.15, 0.2) is 42.0 Å². The number of carbonyl (C=O) groups is 2. The molecule has 1 saturated heterocycles. The number of hydrogen-bond donors (Lipinski definition) is 0. The van der Waals surface area contributed by atoms with Crippen molar-refractivity contribution < 1.29 is 23.8 Å². The molecule has 1 aromatic carbocycles. The van der Waals surface area contributed by atoms with Crippen LogP contribution in [0, 0.1) is 23.7 Å². The van der Waals surface area contributed by atoms with Crippen LogP contribution in [0.1, 0.15) is 79.2 Å². The third-order valence-corrected chi connectivity index (χ3v) is 5.96. The van der Waals surface area contributed by atoms with Crippen molar-refractivity contribution in [3.8, 4) is 0 Å². The summed E-state index contributed by atoms with van der Waals surface area (Å²) in [5.74, 6) is 1.23. The second-order valence-corrected chi connectivity index (χ2v) is 11.1. The van der Waals surface area contributed by atoms with E-state index in [2.05, 4.69) is 41.5 Å². The molecule has 0 bridgehead atoms. The van der Waals surface area contributed by atoms with Crippen molar-refractivity contribution in [1.29, 1.82) is 0 Å². The number of ether oxygens (including phenoxy) is 3. The van der Waals surface area contributed by atoms with Gasteiger partial charge in [-0.05, 0) is 48.5 Å². The topological polar surface area (TPSA) is 61.8 Å². The van der Waals surface area contributed by atoms with Gasteiger partial charge in [0, 0.05) is 18.4 Å². The molecule has 1 unspecified atom stereocenters. The largest absolute Gasteiger partial charge is 0.461 e. The first-order chi connectivity index (χ1) is 16.1. The van der Waals surface area contributed by atoms with Gasteiger partial charge in [0.25, 0.3) is 0 Å². The van der Waals surface area contributed by atoms with E-state index < -0.39 is 5.60 Å². The Hall–Kier alpha value is -2.14. The van der Waals surface area contributed by atoms with Crippen molar-refractivity contribution in [1.82, 2.24) is 0 Å². The van der Waals surface area contributed by atoms with Crippen LogP contribution in [0.25, 0.3) is 0 Å². The van der Waals surface area contributed by atoms with Gasteiger partial charge in [-0.1, -0.05) is 78.0 Å².